The van der Waals surface area contributed by atoms with Gasteiger partial charge in [-0.2, -0.15) is 9.61 Å². The second kappa shape index (κ2) is 6.07. The standard InChI is InChI=1S/C17H11ClN4OS/c18-13-5-1-3-11(9-13)7-8-15-21-22-16(19-20-17(22)24-15)12-4-2-6-14(23)10-12/h1-10,23H. The second-order valence-electron chi connectivity index (χ2n) is 5.10. The number of aromatic nitrogens is 4. The van der Waals surface area contributed by atoms with Gasteiger partial charge in [-0.05, 0) is 35.9 Å². The average molecular weight is 355 g/mol. The first-order valence-corrected chi connectivity index (χ1v) is 8.34. The fourth-order valence-electron chi connectivity index (χ4n) is 2.30. The summed E-state index contributed by atoms with van der Waals surface area (Å²) in [6.45, 7) is 0. The van der Waals surface area contributed by atoms with Crippen LogP contribution in [-0.4, -0.2) is 24.9 Å². The minimum atomic E-state index is 0.181. The number of hydrogen-bond donors (Lipinski definition) is 1. The third-order valence-electron chi connectivity index (χ3n) is 3.38. The maximum absolute atomic E-state index is 9.62. The van der Waals surface area contributed by atoms with Gasteiger partial charge in [0.1, 0.15) is 10.8 Å². The van der Waals surface area contributed by atoms with E-state index in [1.807, 2.05) is 42.5 Å². The molecule has 0 aliphatic carbocycles. The molecule has 0 aliphatic rings. The number of phenols is 1. The fraction of sp³-hybridized carbons (Fsp3) is 0. The molecule has 0 saturated heterocycles. The lowest BCUT2D eigenvalue weighted by Gasteiger charge is -1.97. The molecule has 7 heteroatoms. The molecule has 2 aromatic carbocycles. The summed E-state index contributed by atoms with van der Waals surface area (Å²) in [6, 6.07) is 14.5. The zero-order valence-corrected chi connectivity index (χ0v) is 13.9. The first-order valence-electron chi connectivity index (χ1n) is 7.14. The van der Waals surface area contributed by atoms with Gasteiger partial charge in [0.05, 0.1) is 0 Å². The first-order chi connectivity index (χ1) is 11.7. The van der Waals surface area contributed by atoms with E-state index in [0.717, 1.165) is 16.1 Å². The molecule has 24 heavy (non-hydrogen) atoms. The molecule has 0 bridgehead atoms. The van der Waals surface area contributed by atoms with Gasteiger partial charge in [0.25, 0.3) is 0 Å². The Hall–Kier alpha value is -2.70. The zero-order valence-electron chi connectivity index (χ0n) is 12.3. The molecule has 1 N–H and O–H groups in total. The quantitative estimate of drug-likeness (QED) is 0.593. The first kappa shape index (κ1) is 14.9. The largest absolute Gasteiger partial charge is 0.508 e. The van der Waals surface area contributed by atoms with Crippen molar-refractivity contribution in [1.29, 1.82) is 0 Å². The highest BCUT2D eigenvalue weighted by Gasteiger charge is 2.12. The molecule has 2 heterocycles. The van der Waals surface area contributed by atoms with E-state index in [0.29, 0.717) is 15.8 Å². The number of fused-ring (bicyclic) bond motifs is 1. The Labute approximate surface area is 146 Å². The van der Waals surface area contributed by atoms with Crippen molar-refractivity contribution in [3.63, 3.8) is 0 Å². The maximum atomic E-state index is 9.62. The van der Waals surface area contributed by atoms with E-state index in [2.05, 4.69) is 15.3 Å². The van der Waals surface area contributed by atoms with E-state index >= 15 is 0 Å². The predicted octanol–water partition coefficient (Wildman–Crippen LogP) is 4.38. The van der Waals surface area contributed by atoms with Gasteiger partial charge in [0.15, 0.2) is 5.82 Å². The number of halogens is 1. The van der Waals surface area contributed by atoms with Crippen molar-refractivity contribution >= 4 is 40.1 Å². The van der Waals surface area contributed by atoms with E-state index < -0.39 is 0 Å². The third kappa shape index (κ3) is 2.89. The highest BCUT2D eigenvalue weighted by molar-refractivity contribution is 7.17. The Morgan fingerprint density at radius 3 is 2.75 bits per heavy atom. The van der Waals surface area contributed by atoms with Crippen LogP contribution in [0.3, 0.4) is 0 Å². The van der Waals surface area contributed by atoms with Crippen LogP contribution in [-0.2, 0) is 0 Å². The van der Waals surface area contributed by atoms with Crippen LogP contribution < -0.4 is 0 Å². The van der Waals surface area contributed by atoms with Crippen molar-refractivity contribution in [3.05, 3.63) is 64.1 Å². The zero-order chi connectivity index (χ0) is 16.5. The van der Waals surface area contributed by atoms with Gasteiger partial charge in [-0.3, -0.25) is 0 Å². The number of nitrogens with zero attached hydrogens (tertiary/aromatic N) is 4. The lowest BCUT2D eigenvalue weighted by atomic mass is 10.2. The van der Waals surface area contributed by atoms with E-state index in [1.165, 1.54) is 11.3 Å². The summed E-state index contributed by atoms with van der Waals surface area (Å²) in [6.07, 6.45) is 3.86. The number of rotatable bonds is 3. The van der Waals surface area contributed by atoms with Crippen LogP contribution in [0, 0.1) is 0 Å². The summed E-state index contributed by atoms with van der Waals surface area (Å²) in [7, 11) is 0. The Balaban J connectivity index is 1.69. The lowest BCUT2D eigenvalue weighted by molar-refractivity contribution is 0.475. The van der Waals surface area contributed by atoms with Crippen molar-refractivity contribution in [2.24, 2.45) is 0 Å². The van der Waals surface area contributed by atoms with Gasteiger partial charge in [-0.1, -0.05) is 53.3 Å². The summed E-state index contributed by atoms with van der Waals surface area (Å²) in [4.78, 5) is 0.694. The molecule has 0 fully saturated rings. The number of phenolic OH excluding ortho intramolecular Hbond substituents is 1. The van der Waals surface area contributed by atoms with Crippen molar-refractivity contribution in [2.75, 3.05) is 0 Å². The van der Waals surface area contributed by atoms with Gasteiger partial charge < -0.3 is 5.11 Å². The summed E-state index contributed by atoms with van der Waals surface area (Å²) in [5.41, 5.74) is 1.76. The molecule has 0 aliphatic heterocycles. The molecule has 4 rings (SSSR count). The normalized spacial score (nSPS) is 11.5. The van der Waals surface area contributed by atoms with Crippen LogP contribution in [0.5, 0.6) is 5.75 Å². The van der Waals surface area contributed by atoms with Gasteiger partial charge in [-0.25, -0.2) is 0 Å². The number of aromatic hydroxyl groups is 1. The minimum absolute atomic E-state index is 0.181. The van der Waals surface area contributed by atoms with Crippen LogP contribution in [0.1, 0.15) is 10.6 Å². The summed E-state index contributed by atoms with van der Waals surface area (Å²) in [5.74, 6) is 0.778. The predicted molar refractivity (Wildman–Crippen MR) is 96.1 cm³/mol. The van der Waals surface area contributed by atoms with Gasteiger partial charge in [0.2, 0.25) is 4.96 Å². The van der Waals surface area contributed by atoms with Crippen LogP contribution in [0.25, 0.3) is 28.5 Å². The molecular formula is C17H11ClN4OS. The molecule has 0 saturated carbocycles. The Bertz CT molecular complexity index is 1050. The van der Waals surface area contributed by atoms with Crippen molar-refractivity contribution < 1.29 is 5.11 Å². The van der Waals surface area contributed by atoms with Crippen LogP contribution in [0.2, 0.25) is 5.02 Å². The van der Waals surface area contributed by atoms with Crippen molar-refractivity contribution in [1.82, 2.24) is 19.8 Å². The number of benzene rings is 2. The molecule has 118 valence electrons. The molecule has 0 unspecified atom stereocenters. The third-order valence-corrected chi connectivity index (χ3v) is 4.48. The Kier molecular flexibility index (Phi) is 3.76. The van der Waals surface area contributed by atoms with Gasteiger partial charge in [-0.15, -0.1) is 10.2 Å². The van der Waals surface area contributed by atoms with E-state index in [-0.39, 0.29) is 5.75 Å². The highest BCUT2D eigenvalue weighted by atomic mass is 35.5. The fourth-order valence-corrected chi connectivity index (χ4v) is 3.24. The van der Waals surface area contributed by atoms with Gasteiger partial charge in [0, 0.05) is 10.6 Å². The summed E-state index contributed by atoms with van der Waals surface area (Å²) < 4.78 is 1.68. The highest BCUT2D eigenvalue weighted by Crippen LogP contribution is 2.25. The second-order valence-corrected chi connectivity index (χ2v) is 6.52. The van der Waals surface area contributed by atoms with Crippen LogP contribution in [0.4, 0.5) is 0 Å². The molecule has 5 nitrogen and oxygen atoms in total. The molecular weight excluding hydrogens is 344 g/mol. The molecule has 0 radical (unpaired) electrons. The molecule has 0 spiro atoms. The maximum Gasteiger partial charge on any atom is 0.235 e. The monoisotopic (exact) mass is 354 g/mol. The van der Waals surface area contributed by atoms with E-state index in [1.54, 1.807) is 22.7 Å². The average Bonchev–Trinajstić information content (AvgIpc) is 3.13. The lowest BCUT2D eigenvalue weighted by Crippen LogP contribution is -1.90. The molecule has 2 aromatic heterocycles. The van der Waals surface area contributed by atoms with Gasteiger partial charge >= 0.3 is 0 Å². The smallest absolute Gasteiger partial charge is 0.235 e. The van der Waals surface area contributed by atoms with E-state index in [9.17, 15) is 5.11 Å². The SMILES string of the molecule is Oc1cccc(-c2nnc3sc(C=Cc4cccc(Cl)c4)nn23)c1. The molecule has 0 atom stereocenters. The Morgan fingerprint density at radius 2 is 1.92 bits per heavy atom. The van der Waals surface area contributed by atoms with Crippen molar-refractivity contribution in [2.45, 2.75) is 0 Å². The van der Waals surface area contributed by atoms with E-state index in [4.69, 9.17) is 11.6 Å². The Morgan fingerprint density at radius 1 is 1.04 bits per heavy atom. The topological polar surface area (TPSA) is 63.3 Å². The number of hydrogen-bond acceptors (Lipinski definition) is 5. The van der Waals surface area contributed by atoms with Crippen molar-refractivity contribution in [3.8, 4) is 17.1 Å². The van der Waals surface area contributed by atoms with Crippen LogP contribution >= 0.6 is 22.9 Å². The summed E-state index contributed by atoms with van der Waals surface area (Å²) >= 11 is 7.42. The molecule has 4 aromatic rings. The summed E-state index contributed by atoms with van der Waals surface area (Å²) in [5, 5.41) is 23.9. The van der Waals surface area contributed by atoms with Crippen LogP contribution in [0.15, 0.2) is 48.5 Å². The minimum Gasteiger partial charge on any atom is -0.508 e. The molecule has 0 amide bonds.